The van der Waals surface area contributed by atoms with Crippen molar-refractivity contribution in [3.63, 3.8) is 0 Å². The molecule has 2 rings (SSSR count). The maximum atomic E-state index is 12.5. The van der Waals surface area contributed by atoms with Crippen molar-refractivity contribution in [1.82, 2.24) is 4.90 Å². The van der Waals surface area contributed by atoms with E-state index in [4.69, 9.17) is 11.6 Å². The minimum Gasteiger partial charge on any atom is -0.326 e. The first kappa shape index (κ1) is 20.8. The van der Waals surface area contributed by atoms with Gasteiger partial charge in [-0.05, 0) is 54.8 Å². The molecule has 0 aromatic heterocycles. The number of hydrogen-bond donors (Lipinski definition) is 2. The molecule has 144 valence electrons. The monoisotopic (exact) mass is 387 g/mol. The second-order valence-electron chi connectivity index (χ2n) is 6.99. The summed E-state index contributed by atoms with van der Waals surface area (Å²) in [5.74, 6) is 0.292. The molecule has 0 spiro atoms. The molecule has 0 aliphatic carbocycles. The van der Waals surface area contributed by atoms with Crippen LogP contribution in [-0.4, -0.2) is 23.9 Å². The Labute approximate surface area is 165 Å². The van der Waals surface area contributed by atoms with E-state index in [1.807, 2.05) is 45.0 Å². The number of carbonyl (C=O) groups excluding carboxylic acids is 2. The highest BCUT2D eigenvalue weighted by molar-refractivity contribution is 6.30. The van der Waals surface area contributed by atoms with E-state index in [0.717, 1.165) is 5.56 Å². The second kappa shape index (κ2) is 9.42. The van der Waals surface area contributed by atoms with Crippen molar-refractivity contribution in [3.8, 4) is 0 Å². The predicted octanol–water partition coefficient (Wildman–Crippen LogP) is 5.55. The van der Waals surface area contributed by atoms with Crippen LogP contribution in [0, 0.1) is 5.92 Å². The third-order valence-electron chi connectivity index (χ3n) is 4.27. The normalized spacial score (nSPS) is 11.8. The standard InChI is InChI=1S/C21H26ClN3O2/c1-14(2)13-20(26)23-18-9-11-19(12-10-18)24-21(27)25(4)15(3)16-5-7-17(22)8-6-16/h5-12,14-15H,13H2,1-4H3,(H,23,26)(H,24,27)/t15-/m0/s1. The molecule has 27 heavy (non-hydrogen) atoms. The van der Waals surface area contributed by atoms with E-state index in [-0.39, 0.29) is 18.0 Å². The summed E-state index contributed by atoms with van der Waals surface area (Å²) in [6, 6.07) is 14.2. The summed E-state index contributed by atoms with van der Waals surface area (Å²) in [6.45, 7) is 5.95. The first-order chi connectivity index (χ1) is 12.8. The highest BCUT2D eigenvalue weighted by Gasteiger charge is 2.17. The van der Waals surface area contributed by atoms with Gasteiger partial charge in [0.25, 0.3) is 0 Å². The largest absolute Gasteiger partial charge is 0.326 e. The van der Waals surface area contributed by atoms with Crippen LogP contribution < -0.4 is 10.6 Å². The predicted molar refractivity (Wildman–Crippen MR) is 111 cm³/mol. The second-order valence-corrected chi connectivity index (χ2v) is 7.43. The van der Waals surface area contributed by atoms with Crippen molar-refractivity contribution < 1.29 is 9.59 Å². The summed E-state index contributed by atoms with van der Waals surface area (Å²) in [6.07, 6.45) is 0.478. The number of carbonyl (C=O) groups is 2. The lowest BCUT2D eigenvalue weighted by atomic mass is 10.1. The third-order valence-corrected chi connectivity index (χ3v) is 4.52. The number of urea groups is 1. The Morgan fingerprint density at radius 2 is 1.44 bits per heavy atom. The molecule has 5 nitrogen and oxygen atoms in total. The Hall–Kier alpha value is -2.53. The average molecular weight is 388 g/mol. The van der Waals surface area contributed by atoms with E-state index in [1.165, 1.54) is 0 Å². The van der Waals surface area contributed by atoms with Crippen LogP contribution in [0.4, 0.5) is 16.2 Å². The summed E-state index contributed by atoms with van der Waals surface area (Å²) < 4.78 is 0. The van der Waals surface area contributed by atoms with Crippen LogP contribution in [-0.2, 0) is 4.79 Å². The minimum atomic E-state index is -0.214. The van der Waals surface area contributed by atoms with Gasteiger partial charge in [-0.25, -0.2) is 4.79 Å². The number of benzene rings is 2. The fourth-order valence-corrected chi connectivity index (χ4v) is 2.70. The van der Waals surface area contributed by atoms with Gasteiger partial charge in [0.2, 0.25) is 5.91 Å². The van der Waals surface area contributed by atoms with Crippen LogP contribution in [0.15, 0.2) is 48.5 Å². The number of nitrogens with one attached hydrogen (secondary N) is 2. The Bertz CT molecular complexity index is 773. The lowest BCUT2D eigenvalue weighted by Crippen LogP contribution is -2.33. The number of hydrogen-bond acceptors (Lipinski definition) is 2. The first-order valence-electron chi connectivity index (χ1n) is 8.95. The quantitative estimate of drug-likeness (QED) is 0.682. The smallest absolute Gasteiger partial charge is 0.322 e. The van der Waals surface area contributed by atoms with Crippen LogP contribution in [0.5, 0.6) is 0 Å². The van der Waals surface area contributed by atoms with Gasteiger partial charge in [-0.2, -0.15) is 0 Å². The third kappa shape index (κ3) is 6.29. The zero-order valence-electron chi connectivity index (χ0n) is 16.1. The summed E-state index contributed by atoms with van der Waals surface area (Å²) in [4.78, 5) is 25.9. The van der Waals surface area contributed by atoms with Gasteiger partial charge in [0.1, 0.15) is 0 Å². The lowest BCUT2D eigenvalue weighted by molar-refractivity contribution is -0.116. The molecule has 0 aliphatic heterocycles. The van der Waals surface area contributed by atoms with E-state index in [2.05, 4.69) is 10.6 Å². The fraction of sp³-hybridized carbons (Fsp3) is 0.333. The molecule has 0 heterocycles. The van der Waals surface area contributed by atoms with Gasteiger partial charge < -0.3 is 15.5 Å². The molecule has 6 heteroatoms. The summed E-state index contributed by atoms with van der Waals surface area (Å²) >= 11 is 5.92. The summed E-state index contributed by atoms with van der Waals surface area (Å²) in [7, 11) is 1.75. The van der Waals surface area contributed by atoms with E-state index in [9.17, 15) is 9.59 Å². The first-order valence-corrected chi connectivity index (χ1v) is 9.33. The average Bonchev–Trinajstić information content (AvgIpc) is 2.62. The van der Waals surface area contributed by atoms with Crippen molar-refractivity contribution >= 4 is 34.9 Å². The van der Waals surface area contributed by atoms with Gasteiger partial charge in [-0.15, -0.1) is 0 Å². The fourth-order valence-electron chi connectivity index (χ4n) is 2.57. The lowest BCUT2D eigenvalue weighted by Gasteiger charge is -2.25. The highest BCUT2D eigenvalue weighted by atomic mass is 35.5. The van der Waals surface area contributed by atoms with E-state index >= 15 is 0 Å². The van der Waals surface area contributed by atoms with Crippen LogP contribution in [0.2, 0.25) is 5.02 Å². The van der Waals surface area contributed by atoms with Crippen molar-refractivity contribution in [2.45, 2.75) is 33.2 Å². The highest BCUT2D eigenvalue weighted by Crippen LogP contribution is 2.22. The Kier molecular flexibility index (Phi) is 7.25. The molecule has 0 unspecified atom stereocenters. The molecule has 0 saturated heterocycles. The Morgan fingerprint density at radius 1 is 0.926 bits per heavy atom. The van der Waals surface area contributed by atoms with Gasteiger partial charge in [0, 0.05) is 29.9 Å². The van der Waals surface area contributed by atoms with Gasteiger partial charge >= 0.3 is 6.03 Å². The molecule has 2 N–H and O–H groups in total. The zero-order chi connectivity index (χ0) is 20.0. The number of anilines is 2. The van der Waals surface area contributed by atoms with Crippen molar-refractivity contribution in [2.75, 3.05) is 17.7 Å². The van der Waals surface area contributed by atoms with Crippen molar-refractivity contribution in [2.24, 2.45) is 5.92 Å². The summed E-state index contributed by atoms with van der Waals surface area (Å²) in [5.41, 5.74) is 2.37. The zero-order valence-corrected chi connectivity index (χ0v) is 16.9. The number of halogens is 1. The molecule has 0 fully saturated rings. The van der Waals surface area contributed by atoms with Gasteiger partial charge in [0.05, 0.1) is 6.04 Å². The van der Waals surface area contributed by atoms with Crippen molar-refractivity contribution in [3.05, 3.63) is 59.1 Å². The molecule has 2 aromatic carbocycles. The molecule has 2 aromatic rings. The number of nitrogens with zero attached hydrogens (tertiary/aromatic N) is 1. The Morgan fingerprint density at radius 3 is 1.96 bits per heavy atom. The van der Waals surface area contributed by atoms with Crippen LogP contribution in [0.25, 0.3) is 0 Å². The van der Waals surface area contributed by atoms with Crippen molar-refractivity contribution in [1.29, 1.82) is 0 Å². The molecule has 0 aliphatic rings. The van der Waals surface area contributed by atoms with E-state index < -0.39 is 0 Å². The SMILES string of the molecule is CC(C)CC(=O)Nc1ccc(NC(=O)N(C)[C@@H](C)c2ccc(Cl)cc2)cc1. The molecular weight excluding hydrogens is 362 g/mol. The van der Waals surface area contributed by atoms with E-state index in [0.29, 0.717) is 28.7 Å². The summed E-state index contributed by atoms with van der Waals surface area (Å²) in [5, 5.41) is 6.38. The van der Waals surface area contributed by atoms with Gasteiger partial charge in [-0.3, -0.25) is 4.79 Å². The van der Waals surface area contributed by atoms with Crippen LogP contribution in [0.3, 0.4) is 0 Å². The maximum Gasteiger partial charge on any atom is 0.322 e. The van der Waals surface area contributed by atoms with Gasteiger partial charge in [0.15, 0.2) is 0 Å². The number of rotatable bonds is 6. The molecule has 0 saturated carbocycles. The maximum absolute atomic E-state index is 12.5. The molecule has 3 amide bonds. The van der Waals surface area contributed by atoms with Crippen LogP contribution in [0.1, 0.15) is 38.8 Å². The Balaban J connectivity index is 1.94. The molecular formula is C21H26ClN3O2. The van der Waals surface area contributed by atoms with Crippen LogP contribution >= 0.6 is 11.6 Å². The topological polar surface area (TPSA) is 61.4 Å². The van der Waals surface area contributed by atoms with E-state index in [1.54, 1.807) is 36.2 Å². The minimum absolute atomic E-state index is 0.0155. The van der Waals surface area contributed by atoms with Gasteiger partial charge in [-0.1, -0.05) is 37.6 Å². The molecule has 0 radical (unpaired) electrons. The molecule has 0 bridgehead atoms. The molecule has 1 atom stereocenters. The number of amides is 3.